The van der Waals surface area contributed by atoms with Gasteiger partial charge in [0.2, 0.25) is 5.78 Å². The fourth-order valence-electron chi connectivity index (χ4n) is 3.15. The first-order chi connectivity index (χ1) is 13.0. The summed E-state index contributed by atoms with van der Waals surface area (Å²) in [4.78, 5) is 13.8. The van der Waals surface area contributed by atoms with Gasteiger partial charge in [-0.2, -0.15) is 0 Å². The van der Waals surface area contributed by atoms with Gasteiger partial charge in [0.15, 0.2) is 5.76 Å². The molecule has 0 spiro atoms. The largest absolute Gasteiger partial charge is 0.489 e. The first-order valence-electron chi connectivity index (χ1n) is 8.83. The molecule has 0 amide bonds. The topological polar surface area (TPSA) is 35.5 Å². The zero-order valence-corrected chi connectivity index (χ0v) is 16.4. The van der Waals surface area contributed by atoms with Crippen LogP contribution in [0.2, 0.25) is 0 Å². The van der Waals surface area contributed by atoms with E-state index in [0.717, 1.165) is 21.6 Å². The third-order valence-electron chi connectivity index (χ3n) is 4.76. The predicted octanol–water partition coefficient (Wildman–Crippen LogP) is 5.87. The molecular formula is C23H20O3S. The fraction of sp³-hybridized carbons (Fsp3) is 0.174. The van der Waals surface area contributed by atoms with Crippen molar-refractivity contribution in [2.75, 3.05) is 0 Å². The van der Waals surface area contributed by atoms with Crippen molar-refractivity contribution in [1.29, 1.82) is 0 Å². The molecule has 0 bridgehead atoms. The first-order valence-corrected chi connectivity index (χ1v) is 9.71. The second kappa shape index (κ2) is 7.05. The van der Waals surface area contributed by atoms with Gasteiger partial charge in [-0.1, -0.05) is 24.3 Å². The van der Waals surface area contributed by atoms with Gasteiger partial charge in [0, 0.05) is 17.0 Å². The lowest BCUT2D eigenvalue weighted by Crippen LogP contribution is -2.00. The number of ketones is 1. The average Bonchev–Trinajstić information content (AvgIpc) is 3.18. The van der Waals surface area contributed by atoms with Crippen LogP contribution in [0.25, 0.3) is 6.08 Å². The van der Waals surface area contributed by atoms with E-state index in [1.165, 1.54) is 5.56 Å². The number of carbonyl (C=O) groups is 1. The van der Waals surface area contributed by atoms with Crippen LogP contribution in [0.3, 0.4) is 0 Å². The van der Waals surface area contributed by atoms with Crippen LogP contribution < -0.4 is 9.47 Å². The highest BCUT2D eigenvalue weighted by Gasteiger charge is 2.30. The van der Waals surface area contributed by atoms with E-state index in [0.29, 0.717) is 29.4 Å². The lowest BCUT2D eigenvalue weighted by molar-refractivity contribution is 0.101. The maximum Gasteiger partial charge on any atom is 0.232 e. The van der Waals surface area contributed by atoms with Gasteiger partial charge in [-0.3, -0.25) is 4.79 Å². The molecule has 0 N–H and O–H groups in total. The van der Waals surface area contributed by atoms with Crippen molar-refractivity contribution in [3.05, 3.63) is 86.3 Å². The van der Waals surface area contributed by atoms with Crippen molar-refractivity contribution in [1.82, 2.24) is 0 Å². The van der Waals surface area contributed by atoms with E-state index < -0.39 is 0 Å². The average molecular weight is 376 g/mol. The van der Waals surface area contributed by atoms with E-state index in [2.05, 4.69) is 19.1 Å². The van der Waals surface area contributed by atoms with E-state index in [4.69, 9.17) is 9.47 Å². The lowest BCUT2D eigenvalue weighted by atomic mass is 10.0. The van der Waals surface area contributed by atoms with Crippen LogP contribution in [0.1, 0.15) is 37.5 Å². The second-order valence-corrected chi connectivity index (χ2v) is 7.68. The zero-order chi connectivity index (χ0) is 19.0. The molecule has 3 nitrogen and oxygen atoms in total. The molecule has 4 rings (SSSR count). The number of rotatable bonds is 4. The number of carbonyl (C=O) groups excluding carboxylic acids is 1. The van der Waals surface area contributed by atoms with Crippen molar-refractivity contribution in [3.8, 4) is 11.5 Å². The second-order valence-electron chi connectivity index (χ2n) is 6.74. The highest BCUT2D eigenvalue weighted by atomic mass is 32.1. The summed E-state index contributed by atoms with van der Waals surface area (Å²) in [5.74, 6) is 1.58. The lowest BCUT2D eigenvalue weighted by Gasteiger charge is -2.10. The minimum atomic E-state index is -0.0687. The highest BCUT2D eigenvalue weighted by Crippen LogP contribution is 2.38. The zero-order valence-electron chi connectivity index (χ0n) is 15.5. The van der Waals surface area contributed by atoms with Crippen LogP contribution in [0.4, 0.5) is 0 Å². The molecule has 1 aromatic heterocycles. The normalized spacial score (nSPS) is 14.3. The van der Waals surface area contributed by atoms with Gasteiger partial charge in [0.1, 0.15) is 18.1 Å². The van der Waals surface area contributed by atoms with E-state index in [-0.39, 0.29) is 5.78 Å². The Morgan fingerprint density at radius 2 is 1.85 bits per heavy atom. The summed E-state index contributed by atoms with van der Waals surface area (Å²) in [7, 11) is 0. The van der Waals surface area contributed by atoms with E-state index in [1.807, 2.05) is 49.6 Å². The summed E-state index contributed by atoms with van der Waals surface area (Å²) < 4.78 is 11.8. The van der Waals surface area contributed by atoms with Crippen LogP contribution in [0, 0.1) is 20.8 Å². The number of ether oxygens (including phenoxy) is 2. The smallest absolute Gasteiger partial charge is 0.232 e. The molecule has 0 saturated carbocycles. The van der Waals surface area contributed by atoms with Gasteiger partial charge in [0.05, 0.1) is 5.56 Å². The Kier molecular flexibility index (Phi) is 4.58. The maximum atomic E-state index is 12.8. The SMILES string of the molecule is Cc1ccccc1COc1cc(C)c2c(c1)O/C(=C\c1sccc1C)C2=O. The molecule has 0 saturated heterocycles. The molecule has 3 aromatic rings. The molecule has 0 radical (unpaired) electrons. The van der Waals surface area contributed by atoms with E-state index >= 15 is 0 Å². The Bertz CT molecular complexity index is 1060. The number of thiophene rings is 1. The van der Waals surface area contributed by atoms with Crippen molar-refractivity contribution in [2.45, 2.75) is 27.4 Å². The third-order valence-corrected chi connectivity index (χ3v) is 5.73. The quantitative estimate of drug-likeness (QED) is 0.534. The maximum absolute atomic E-state index is 12.8. The van der Waals surface area contributed by atoms with E-state index in [9.17, 15) is 4.79 Å². The standard InChI is InChI=1S/C23H20O3S/c1-14-6-4-5-7-17(14)13-25-18-10-16(3)22-19(11-18)26-20(23(22)24)12-21-15(2)8-9-27-21/h4-12H,13H2,1-3H3/b20-12-. The summed E-state index contributed by atoms with van der Waals surface area (Å²) in [6.45, 7) is 6.49. The van der Waals surface area contributed by atoms with Gasteiger partial charge in [-0.25, -0.2) is 0 Å². The van der Waals surface area contributed by atoms with Crippen molar-refractivity contribution in [3.63, 3.8) is 0 Å². The van der Waals surface area contributed by atoms with Crippen LogP contribution >= 0.6 is 11.3 Å². The Morgan fingerprint density at radius 3 is 2.59 bits per heavy atom. The molecule has 1 aliphatic rings. The number of Topliss-reactive ketones (excluding diaryl/α,β-unsaturated/α-hetero) is 1. The summed E-state index contributed by atoms with van der Waals surface area (Å²) in [5.41, 5.74) is 4.96. The number of fused-ring (bicyclic) bond motifs is 1. The van der Waals surface area contributed by atoms with Crippen molar-refractivity contribution >= 4 is 23.2 Å². The minimum Gasteiger partial charge on any atom is -0.489 e. The van der Waals surface area contributed by atoms with Gasteiger partial charge in [-0.05, 0) is 60.5 Å². The molecule has 2 heterocycles. The van der Waals surface area contributed by atoms with Gasteiger partial charge in [0.25, 0.3) is 0 Å². The molecule has 0 unspecified atom stereocenters. The van der Waals surface area contributed by atoms with Gasteiger partial charge in [-0.15, -0.1) is 11.3 Å². The van der Waals surface area contributed by atoms with Crippen LogP contribution in [-0.2, 0) is 6.61 Å². The predicted molar refractivity (Wildman–Crippen MR) is 109 cm³/mol. The van der Waals surface area contributed by atoms with Gasteiger partial charge < -0.3 is 9.47 Å². The number of benzene rings is 2. The van der Waals surface area contributed by atoms with Crippen molar-refractivity contribution in [2.24, 2.45) is 0 Å². The molecule has 27 heavy (non-hydrogen) atoms. The van der Waals surface area contributed by atoms with Crippen LogP contribution in [0.5, 0.6) is 11.5 Å². The van der Waals surface area contributed by atoms with Crippen LogP contribution in [0.15, 0.2) is 53.6 Å². The molecule has 0 aliphatic carbocycles. The summed E-state index contributed by atoms with van der Waals surface area (Å²) in [5, 5.41) is 2.01. The van der Waals surface area contributed by atoms with Gasteiger partial charge >= 0.3 is 0 Å². The molecular weight excluding hydrogens is 356 g/mol. The number of aryl methyl sites for hydroxylation is 3. The van der Waals surface area contributed by atoms with Crippen molar-refractivity contribution < 1.29 is 14.3 Å². The third kappa shape index (κ3) is 3.40. The molecule has 136 valence electrons. The molecule has 4 heteroatoms. The summed E-state index contributed by atoms with van der Waals surface area (Å²) >= 11 is 1.60. The van der Waals surface area contributed by atoms with Crippen LogP contribution in [-0.4, -0.2) is 5.78 Å². The highest BCUT2D eigenvalue weighted by molar-refractivity contribution is 7.11. The van der Waals surface area contributed by atoms with E-state index in [1.54, 1.807) is 17.4 Å². The number of hydrogen-bond acceptors (Lipinski definition) is 4. The Labute approximate surface area is 162 Å². The molecule has 0 fully saturated rings. The minimum absolute atomic E-state index is 0.0687. The fourth-order valence-corrected chi connectivity index (χ4v) is 3.99. The Morgan fingerprint density at radius 1 is 1.04 bits per heavy atom. The Hall–Kier alpha value is -2.85. The summed E-state index contributed by atoms with van der Waals surface area (Å²) in [6, 6.07) is 13.9. The Balaban J connectivity index is 1.59. The molecule has 1 aliphatic heterocycles. The number of hydrogen-bond donors (Lipinski definition) is 0. The summed E-state index contributed by atoms with van der Waals surface area (Å²) in [6.07, 6.45) is 1.83. The molecule has 2 aromatic carbocycles. The molecule has 0 atom stereocenters. The number of allylic oxidation sites excluding steroid dienone is 1. The monoisotopic (exact) mass is 376 g/mol. The first kappa shape index (κ1) is 17.6.